The Morgan fingerprint density at radius 3 is 2.73 bits per heavy atom. The van der Waals surface area contributed by atoms with E-state index >= 15 is 0 Å². The lowest BCUT2D eigenvalue weighted by Crippen LogP contribution is -2.35. The Labute approximate surface area is 185 Å². The van der Waals surface area contributed by atoms with E-state index in [1.165, 1.54) is 17.5 Å². The van der Waals surface area contributed by atoms with Gasteiger partial charge in [0.05, 0.1) is 40.6 Å². The van der Waals surface area contributed by atoms with Gasteiger partial charge in [-0.1, -0.05) is 11.6 Å². The maximum absolute atomic E-state index is 12.9. The molecule has 3 aromatic rings. The smallest absolute Gasteiger partial charge is 0.237 e. The van der Waals surface area contributed by atoms with E-state index in [9.17, 15) is 9.35 Å². The number of halogens is 1. The van der Waals surface area contributed by atoms with Gasteiger partial charge in [-0.15, -0.1) is 11.3 Å². The summed E-state index contributed by atoms with van der Waals surface area (Å²) < 4.78 is 14.9. The first-order chi connectivity index (χ1) is 14.3. The molecule has 3 heterocycles. The highest BCUT2D eigenvalue weighted by Gasteiger charge is 2.37. The number of aromatic nitrogens is 4. The highest BCUT2D eigenvalue weighted by Crippen LogP contribution is 2.33. The molecule has 30 heavy (non-hydrogen) atoms. The summed E-state index contributed by atoms with van der Waals surface area (Å²) in [5, 5.41) is 5.69. The topological polar surface area (TPSA) is 116 Å². The van der Waals surface area contributed by atoms with Gasteiger partial charge in [0, 0.05) is 30.0 Å². The van der Waals surface area contributed by atoms with Crippen LogP contribution in [0.25, 0.3) is 11.3 Å². The van der Waals surface area contributed by atoms with Crippen LogP contribution < -0.4 is 10.0 Å². The van der Waals surface area contributed by atoms with Gasteiger partial charge in [0.1, 0.15) is 16.2 Å². The molecule has 1 aliphatic rings. The summed E-state index contributed by atoms with van der Waals surface area (Å²) in [6.07, 6.45) is 6.59. The molecule has 1 atom stereocenters. The maximum Gasteiger partial charge on any atom is 0.237 e. The van der Waals surface area contributed by atoms with Crippen molar-refractivity contribution in [3.8, 4) is 11.3 Å². The first-order valence-corrected chi connectivity index (χ1v) is 11.7. The van der Waals surface area contributed by atoms with Crippen molar-refractivity contribution in [2.24, 2.45) is 0 Å². The highest BCUT2D eigenvalue weighted by atomic mass is 35.5. The Morgan fingerprint density at radius 1 is 1.27 bits per heavy atom. The van der Waals surface area contributed by atoms with Gasteiger partial charge < -0.3 is 9.87 Å². The lowest BCUT2D eigenvalue weighted by molar-refractivity contribution is -0.120. The van der Waals surface area contributed by atoms with Crippen LogP contribution in [0.3, 0.4) is 0 Å². The zero-order valence-corrected chi connectivity index (χ0v) is 18.6. The van der Waals surface area contributed by atoms with Gasteiger partial charge in [-0.05, 0) is 26.0 Å². The Bertz CT molecular complexity index is 1060. The molecule has 0 aromatic carbocycles. The lowest BCUT2D eigenvalue weighted by Gasteiger charge is -2.21. The van der Waals surface area contributed by atoms with Crippen LogP contribution in [0.1, 0.15) is 32.4 Å². The first kappa shape index (κ1) is 21.0. The minimum absolute atomic E-state index is 0.209. The van der Waals surface area contributed by atoms with E-state index in [0.717, 1.165) is 18.4 Å². The summed E-state index contributed by atoms with van der Waals surface area (Å²) in [5.74, 6) is 0.167. The Balaban J connectivity index is 1.42. The number of hydrogen-bond donors (Lipinski definition) is 2. The molecule has 11 heteroatoms. The van der Waals surface area contributed by atoms with Gasteiger partial charge >= 0.3 is 0 Å². The van der Waals surface area contributed by atoms with E-state index in [2.05, 4.69) is 30.0 Å². The predicted octanol–water partition coefficient (Wildman–Crippen LogP) is 3.80. The Morgan fingerprint density at radius 2 is 2.07 bits per heavy atom. The molecule has 0 bridgehead atoms. The molecule has 4 rings (SSSR count). The number of carbonyl (C=O) groups excluding carboxylic acids is 1. The summed E-state index contributed by atoms with van der Waals surface area (Å²) in [4.78, 5) is 29.8. The second-order valence-electron chi connectivity index (χ2n) is 7.38. The van der Waals surface area contributed by atoms with Crippen molar-refractivity contribution in [1.29, 1.82) is 0 Å². The molecule has 0 saturated heterocycles. The van der Waals surface area contributed by atoms with E-state index in [4.69, 9.17) is 11.6 Å². The minimum atomic E-state index is -1.12. The summed E-state index contributed by atoms with van der Waals surface area (Å²) in [5.41, 5.74) is 1.04. The molecule has 1 aliphatic carbocycles. The predicted molar refractivity (Wildman–Crippen MR) is 119 cm³/mol. The highest BCUT2D eigenvalue weighted by molar-refractivity contribution is 7.93. The van der Waals surface area contributed by atoms with Crippen LogP contribution in [0.4, 0.5) is 10.9 Å². The Hall–Kier alpha value is -2.27. The van der Waals surface area contributed by atoms with E-state index in [1.807, 2.05) is 0 Å². The van der Waals surface area contributed by atoms with Gasteiger partial charge in [0.15, 0.2) is 0 Å². The zero-order valence-electron chi connectivity index (χ0n) is 16.3. The molecular formula is C19H19ClN6O2S2. The van der Waals surface area contributed by atoms with Gasteiger partial charge in [-0.3, -0.25) is 9.78 Å². The molecule has 3 aromatic heterocycles. The summed E-state index contributed by atoms with van der Waals surface area (Å²) in [6.45, 7) is 3.57. The van der Waals surface area contributed by atoms with Crippen LogP contribution in [0.15, 0.2) is 36.1 Å². The number of anilines is 2. The third-order valence-electron chi connectivity index (χ3n) is 4.63. The number of nitrogens with one attached hydrogen (secondary N) is 2. The summed E-state index contributed by atoms with van der Waals surface area (Å²) in [6, 6.07) is 3.48. The van der Waals surface area contributed by atoms with Crippen LogP contribution in [0.5, 0.6) is 0 Å². The molecule has 1 saturated carbocycles. The second kappa shape index (κ2) is 8.46. The zero-order chi connectivity index (χ0) is 21.3. The van der Waals surface area contributed by atoms with Crippen LogP contribution in [0, 0.1) is 0 Å². The standard InChI is InChI=1S/C19H19ClN6O2S2/c1-19(2,14-10-29-18(24-14)26-30(28)12-4-5-12)17(27)25-16-6-3-11(7-22-16)13-8-21-9-15(20)23-13/h3,6-10,12H,4-5H2,1-2H3,(H,24,26)(H,22,25,27). The van der Waals surface area contributed by atoms with E-state index < -0.39 is 16.8 Å². The van der Waals surface area contributed by atoms with Gasteiger partial charge in [0.2, 0.25) is 11.0 Å². The van der Waals surface area contributed by atoms with E-state index in [-0.39, 0.29) is 11.2 Å². The van der Waals surface area contributed by atoms with Crippen LogP contribution >= 0.6 is 22.9 Å². The third-order valence-corrected chi connectivity index (χ3v) is 7.17. The number of rotatable bonds is 7. The quantitative estimate of drug-likeness (QED) is 0.513. The number of nitrogens with zero attached hydrogens (tertiary/aromatic N) is 4. The van der Waals surface area contributed by atoms with Crippen molar-refractivity contribution in [3.63, 3.8) is 0 Å². The van der Waals surface area contributed by atoms with Crippen LogP contribution in [-0.4, -0.2) is 35.6 Å². The van der Waals surface area contributed by atoms with E-state index in [0.29, 0.717) is 27.5 Å². The molecule has 0 radical (unpaired) electrons. The molecule has 0 spiro atoms. The maximum atomic E-state index is 12.9. The largest absolute Gasteiger partial charge is 0.593 e. The van der Waals surface area contributed by atoms with Crippen molar-refractivity contribution in [2.75, 3.05) is 10.0 Å². The lowest BCUT2D eigenvalue weighted by atomic mass is 9.89. The van der Waals surface area contributed by atoms with Gasteiger partial charge in [-0.2, -0.15) is 4.72 Å². The number of hydrogen-bond acceptors (Lipinski definition) is 8. The normalized spacial score (nSPS) is 14.9. The molecule has 156 valence electrons. The fourth-order valence-corrected chi connectivity index (χ4v) is 4.81. The van der Waals surface area contributed by atoms with Crippen molar-refractivity contribution in [3.05, 3.63) is 47.0 Å². The Kier molecular flexibility index (Phi) is 5.92. The van der Waals surface area contributed by atoms with Crippen molar-refractivity contribution < 1.29 is 9.35 Å². The molecule has 1 amide bonds. The number of carbonyl (C=O) groups is 1. The molecular weight excluding hydrogens is 444 g/mol. The van der Waals surface area contributed by atoms with E-state index in [1.54, 1.807) is 43.8 Å². The van der Waals surface area contributed by atoms with Crippen molar-refractivity contribution >= 4 is 51.2 Å². The van der Waals surface area contributed by atoms with Crippen LogP contribution in [-0.2, 0) is 21.6 Å². The number of thiazole rings is 1. The average Bonchev–Trinajstić information content (AvgIpc) is 3.47. The van der Waals surface area contributed by atoms with Gasteiger partial charge in [-0.25, -0.2) is 15.0 Å². The first-order valence-electron chi connectivity index (χ1n) is 9.21. The number of pyridine rings is 1. The fourth-order valence-electron chi connectivity index (χ4n) is 2.55. The summed E-state index contributed by atoms with van der Waals surface area (Å²) >= 11 is 6.10. The average molecular weight is 463 g/mol. The molecule has 0 aliphatic heterocycles. The number of amides is 1. The third kappa shape index (κ3) is 4.72. The molecule has 1 fully saturated rings. The molecule has 8 nitrogen and oxygen atoms in total. The van der Waals surface area contributed by atoms with Crippen molar-refractivity contribution in [2.45, 2.75) is 37.4 Å². The monoisotopic (exact) mass is 462 g/mol. The van der Waals surface area contributed by atoms with Crippen LogP contribution in [0.2, 0.25) is 5.15 Å². The minimum Gasteiger partial charge on any atom is -0.593 e. The van der Waals surface area contributed by atoms with Gasteiger partial charge in [0.25, 0.3) is 0 Å². The molecule has 1 unspecified atom stereocenters. The second-order valence-corrected chi connectivity index (χ2v) is 10.1. The van der Waals surface area contributed by atoms with Crippen molar-refractivity contribution in [1.82, 2.24) is 19.9 Å². The fraction of sp³-hybridized carbons (Fsp3) is 0.316. The SMILES string of the molecule is CC(C)(C(=O)Nc1ccc(-c2cncc(Cl)n2)cn1)c1csc(N[S+]([O-])C2CC2)n1. The molecule has 2 N–H and O–H groups in total. The summed E-state index contributed by atoms with van der Waals surface area (Å²) in [7, 11) is 0.